The van der Waals surface area contributed by atoms with E-state index in [-0.39, 0.29) is 11.9 Å². The molecule has 16 heavy (non-hydrogen) atoms. The fourth-order valence-electron chi connectivity index (χ4n) is 2.08. The number of hydrogen-bond acceptors (Lipinski definition) is 3. The van der Waals surface area contributed by atoms with Crippen LogP contribution in [0.25, 0.3) is 0 Å². The van der Waals surface area contributed by atoms with Crippen molar-refractivity contribution in [2.75, 3.05) is 13.7 Å². The van der Waals surface area contributed by atoms with Crippen LogP contribution >= 0.6 is 0 Å². The Morgan fingerprint density at radius 1 is 1.50 bits per heavy atom. The molecule has 0 radical (unpaired) electrons. The monoisotopic (exact) mass is 225 g/mol. The Hall–Kier alpha value is -1.13. The minimum absolute atomic E-state index is 0.306. The second-order valence-electron chi connectivity index (χ2n) is 4.03. The van der Waals surface area contributed by atoms with Gasteiger partial charge in [-0.15, -0.1) is 0 Å². The number of ether oxygens (including phenoxy) is 1. The molecule has 2 N–H and O–H groups in total. The Morgan fingerprint density at radius 2 is 2.31 bits per heavy atom. The number of nitrogens with one attached hydrogen (secondary N) is 1. The summed E-state index contributed by atoms with van der Waals surface area (Å²) in [5.74, 6) is 0.157. The molecular formula is C12H16FNO2. The summed E-state index contributed by atoms with van der Waals surface area (Å²) < 4.78 is 18.7. The van der Waals surface area contributed by atoms with Gasteiger partial charge < -0.3 is 15.2 Å². The van der Waals surface area contributed by atoms with Gasteiger partial charge >= 0.3 is 0 Å². The zero-order chi connectivity index (χ0) is 11.5. The predicted octanol–water partition coefficient (Wildman–Crippen LogP) is 1.62. The number of piperidine rings is 1. The molecule has 0 saturated carbocycles. The summed E-state index contributed by atoms with van der Waals surface area (Å²) in [4.78, 5) is 0. The summed E-state index contributed by atoms with van der Waals surface area (Å²) >= 11 is 0. The predicted molar refractivity (Wildman–Crippen MR) is 58.9 cm³/mol. The van der Waals surface area contributed by atoms with E-state index in [4.69, 9.17) is 4.74 Å². The quantitative estimate of drug-likeness (QED) is 0.803. The third-order valence-corrected chi connectivity index (χ3v) is 2.97. The first-order valence-corrected chi connectivity index (χ1v) is 5.47. The minimum Gasteiger partial charge on any atom is -0.497 e. The van der Waals surface area contributed by atoms with Gasteiger partial charge in [-0.1, -0.05) is 6.07 Å². The lowest BCUT2D eigenvalue weighted by molar-refractivity contribution is 0.0948. The van der Waals surface area contributed by atoms with Crippen LogP contribution in [0.2, 0.25) is 0 Å². The van der Waals surface area contributed by atoms with Gasteiger partial charge in [0.15, 0.2) is 0 Å². The van der Waals surface area contributed by atoms with Gasteiger partial charge in [0, 0.05) is 11.6 Å². The highest BCUT2D eigenvalue weighted by molar-refractivity contribution is 5.31. The summed E-state index contributed by atoms with van der Waals surface area (Å²) in [6.45, 7) is 0.813. The van der Waals surface area contributed by atoms with E-state index in [2.05, 4.69) is 5.32 Å². The molecule has 2 rings (SSSR count). The number of rotatable bonds is 2. The molecule has 0 aliphatic carbocycles. The molecule has 1 saturated heterocycles. The van der Waals surface area contributed by atoms with Crippen molar-refractivity contribution in [1.82, 2.24) is 5.32 Å². The maximum absolute atomic E-state index is 13.8. The van der Waals surface area contributed by atoms with Gasteiger partial charge in [-0.05, 0) is 25.5 Å². The molecule has 3 nitrogen and oxygen atoms in total. The lowest BCUT2D eigenvalue weighted by atomic mass is 9.94. The minimum atomic E-state index is -0.517. The van der Waals surface area contributed by atoms with Gasteiger partial charge in [-0.25, -0.2) is 4.39 Å². The standard InChI is InChI=1S/C12H16FNO2/c1-16-8-4-5-9(10(13)7-8)12-11(15)3-2-6-14-12/h4-5,7,11-12,14-15H,2-3,6H2,1H3. The topological polar surface area (TPSA) is 41.5 Å². The molecule has 0 bridgehead atoms. The van der Waals surface area contributed by atoms with Gasteiger partial charge in [0.1, 0.15) is 11.6 Å². The molecule has 1 aromatic carbocycles. The van der Waals surface area contributed by atoms with Crippen LogP contribution in [0.4, 0.5) is 4.39 Å². The van der Waals surface area contributed by atoms with Crippen molar-refractivity contribution >= 4 is 0 Å². The van der Waals surface area contributed by atoms with Crippen LogP contribution in [-0.4, -0.2) is 24.9 Å². The summed E-state index contributed by atoms with van der Waals surface area (Å²) in [5, 5.41) is 12.9. The first-order valence-electron chi connectivity index (χ1n) is 5.47. The number of hydrogen-bond donors (Lipinski definition) is 2. The maximum atomic E-state index is 13.8. The van der Waals surface area contributed by atoms with Crippen molar-refractivity contribution in [3.8, 4) is 5.75 Å². The molecule has 1 aromatic rings. The molecule has 2 unspecified atom stereocenters. The van der Waals surface area contributed by atoms with Crippen molar-refractivity contribution in [3.05, 3.63) is 29.6 Å². The van der Waals surface area contributed by atoms with Gasteiger partial charge in [0.25, 0.3) is 0 Å². The van der Waals surface area contributed by atoms with Crippen molar-refractivity contribution in [2.24, 2.45) is 0 Å². The summed E-state index contributed by atoms with van der Waals surface area (Å²) in [6.07, 6.45) is 1.12. The van der Waals surface area contributed by atoms with E-state index >= 15 is 0 Å². The fraction of sp³-hybridized carbons (Fsp3) is 0.500. The number of halogens is 1. The molecule has 88 valence electrons. The Kier molecular flexibility index (Phi) is 3.41. The zero-order valence-corrected chi connectivity index (χ0v) is 9.24. The Bertz CT molecular complexity index is 370. The molecule has 2 atom stereocenters. The van der Waals surface area contributed by atoms with Crippen molar-refractivity contribution in [1.29, 1.82) is 0 Å². The van der Waals surface area contributed by atoms with Crippen LogP contribution in [0.15, 0.2) is 18.2 Å². The van der Waals surface area contributed by atoms with E-state index < -0.39 is 6.10 Å². The van der Waals surface area contributed by atoms with Crippen molar-refractivity contribution in [2.45, 2.75) is 25.0 Å². The van der Waals surface area contributed by atoms with E-state index in [0.717, 1.165) is 13.0 Å². The van der Waals surface area contributed by atoms with Crippen LogP contribution in [0, 0.1) is 5.82 Å². The Morgan fingerprint density at radius 3 is 2.94 bits per heavy atom. The van der Waals surface area contributed by atoms with E-state index in [0.29, 0.717) is 17.7 Å². The Balaban J connectivity index is 2.25. The maximum Gasteiger partial charge on any atom is 0.131 e. The third kappa shape index (κ3) is 2.18. The molecule has 1 aliphatic rings. The molecule has 1 heterocycles. The number of benzene rings is 1. The third-order valence-electron chi connectivity index (χ3n) is 2.97. The van der Waals surface area contributed by atoms with Crippen LogP contribution in [0.1, 0.15) is 24.4 Å². The molecule has 1 fully saturated rings. The number of aliphatic hydroxyl groups excluding tert-OH is 1. The summed E-state index contributed by atoms with van der Waals surface area (Å²) in [5.41, 5.74) is 0.507. The second kappa shape index (κ2) is 4.80. The molecule has 0 aromatic heterocycles. The average molecular weight is 225 g/mol. The van der Waals surface area contributed by atoms with Crippen LogP contribution < -0.4 is 10.1 Å². The van der Waals surface area contributed by atoms with E-state index in [1.807, 2.05) is 0 Å². The van der Waals surface area contributed by atoms with E-state index in [1.54, 1.807) is 12.1 Å². The Labute approximate surface area is 94.2 Å². The lowest BCUT2D eigenvalue weighted by Crippen LogP contribution is -2.38. The van der Waals surface area contributed by atoms with Gasteiger partial charge in [0.2, 0.25) is 0 Å². The highest BCUT2D eigenvalue weighted by Crippen LogP contribution is 2.27. The van der Waals surface area contributed by atoms with Gasteiger partial charge in [-0.2, -0.15) is 0 Å². The van der Waals surface area contributed by atoms with E-state index in [1.165, 1.54) is 13.2 Å². The van der Waals surface area contributed by atoms with E-state index in [9.17, 15) is 9.50 Å². The normalized spacial score (nSPS) is 25.4. The number of aliphatic hydroxyl groups is 1. The first kappa shape index (κ1) is 11.4. The number of methoxy groups -OCH3 is 1. The smallest absolute Gasteiger partial charge is 0.131 e. The summed E-state index contributed by atoms with van der Waals surface area (Å²) in [7, 11) is 1.50. The van der Waals surface area contributed by atoms with Crippen molar-refractivity contribution < 1.29 is 14.2 Å². The van der Waals surface area contributed by atoms with Crippen LogP contribution in [0.3, 0.4) is 0 Å². The van der Waals surface area contributed by atoms with Gasteiger partial charge in [-0.3, -0.25) is 0 Å². The highest BCUT2D eigenvalue weighted by Gasteiger charge is 2.26. The molecule has 0 spiro atoms. The van der Waals surface area contributed by atoms with Gasteiger partial charge in [0.05, 0.1) is 19.3 Å². The average Bonchev–Trinajstić information content (AvgIpc) is 2.30. The first-order chi connectivity index (χ1) is 7.72. The van der Waals surface area contributed by atoms with Crippen molar-refractivity contribution in [3.63, 3.8) is 0 Å². The summed E-state index contributed by atoms with van der Waals surface area (Å²) in [6, 6.07) is 4.42. The lowest BCUT2D eigenvalue weighted by Gasteiger charge is -2.29. The largest absolute Gasteiger partial charge is 0.497 e. The fourth-order valence-corrected chi connectivity index (χ4v) is 2.08. The molecule has 0 amide bonds. The van der Waals surface area contributed by atoms with Crippen LogP contribution in [0.5, 0.6) is 5.75 Å². The SMILES string of the molecule is COc1ccc(C2NCCCC2O)c(F)c1. The zero-order valence-electron chi connectivity index (χ0n) is 9.24. The molecule has 4 heteroatoms. The highest BCUT2D eigenvalue weighted by atomic mass is 19.1. The second-order valence-corrected chi connectivity index (χ2v) is 4.03. The molecular weight excluding hydrogens is 209 g/mol. The van der Waals surface area contributed by atoms with Crippen LogP contribution in [-0.2, 0) is 0 Å². The molecule has 1 aliphatic heterocycles.